The number of halogens is 1. The Kier molecular flexibility index (Phi) is 4.91. The van der Waals surface area contributed by atoms with Gasteiger partial charge >= 0.3 is 0 Å². The molecule has 1 aromatic carbocycles. The lowest BCUT2D eigenvalue weighted by Crippen LogP contribution is -2.29. The molecule has 3 heterocycles. The average Bonchev–Trinajstić information content (AvgIpc) is 2.99. The SMILES string of the molecule is Cc1nc2c(C)cc(Br)cn2c1C(=O)Nc1ccc(N2CCCCC2)cc1. The normalized spacial score (nSPS) is 14.6. The first-order valence-electron chi connectivity index (χ1n) is 9.34. The first kappa shape index (κ1) is 18.0. The maximum absolute atomic E-state index is 12.9. The van der Waals surface area contributed by atoms with Gasteiger partial charge in [0.05, 0.1) is 5.69 Å². The van der Waals surface area contributed by atoms with E-state index in [0.717, 1.165) is 40.2 Å². The highest BCUT2D eigenvalue weighted by Crippen LogP contribution is 2.24. The summed E-state index contributed by atoms with van der Waals surface area (Å²) in [6, 6.07) is 10.1. The number of carbonyl (C=O) groups is 1. The predicted octanol–water partition coefficient (Wildman–Crippen LogP) is 4.96. The molecule has 0 atom stereocenters. The smallest absolute Gasteiger partial charge is 0.274 e. The van der Waals surface area contributed by atoms with Crippen LogP contribution in [-0.4, -0.2) is 28.4 Å². The van der Waals surface area contributed by atoms with Gasteiger partial charge in [-0.1, -0.05) is 0 Å². The summed E-state index contributed by atoms with van der Waals surface area (Å²) in [5.41, 5.74) is 5.13. The number of pyridine rings is 1. The molecule has 1 amide bonds. The van der Waals surface area contributed by atoms with Crippen LogP contribution in [0.25, 0.3) is 5.65 Å². The Morgan fingerprint density at radius 1 is 1.11 bits per heavy atom. The molecule has 2 aromatic heterocycles. The molecular formula is C21H23BrN4O. The summed E-state index contributed by atoms with van der Waals surface area (Å²) in [5, 5.41) is 3.01. The minimum Gasteiger partial charge on any atom is -0.372 e. The van der Waals surface area contributed by atoms with Crippen LogP contribution in [0.3, 0.4) is 0 Å². The van der Waals surface area contributed by atoms with Crippen molar-refractivity contribution in [3.8, 4) is 0 Å². The molecule has 0 saturated carbocycles. The minimum absolute atomic E-state index is 0.150. The average molecular weight is 427 g/mol. The lowest BCUT2D eigenvalue weighted by molar-refractivity contribution is 0.102. The van der Waals surface area contributed by atoms with Crippen LogP contribution in [0.5, 0.6) is 0 Å². The van der Waals surface area contributed by atoms with E-state index in [1.165, 1.54) is 24.9 Å². The second-order valence-corrected chi connectivity index (χ2v) is 8.05. The number of anilines is 2. The predicted molar refractivity (Wildman–Crippen MR) is 113 cm³/mol. The van der Waals surface area contributed by atoms with E-state index in [9.17, 15) is 4.79 Å². The first-order chi connectivity index (χ1) is 13.0. The molecule has 1 fully saturated rings. The Morgan fingerprint density at radius 2 is 1.81 bits per heavy atom. The van der Waals surface area contributed by atoms with Gasteiger partial charge in [0.25, 0.3) is 5.91 Å². The molecule has 5 nitrogen and oxygen atoms in total. The maximum Gasteiger partial charge on any atom is 0.274 e. The van der Waals surface area contributed by atoms with Crippen LogP contribution < -0.4 is 10.2 Å². The number of rotatable bonds is 3. The Bertz CT molecular complexity index is 988. The molecule has 4 rings (SSSR count). The third-order valence-corrected chi connectivity index (χ3v) is 5.54. The fourth-order valence-electron chi connectivity index (χ4n) is 3.75. The van der Waals surface area contributed by atoms with Crippen molar-refractivity contribution in [3.05, 3.63) is 58.0 Å². The Hall–Kier alpha value is -2.34. The molecule has 1 aliphatic rings. The van der Waals surface area contributed by atoms with Crippen LogP contribution in [0.15, 0.2) is 41.0 Å². The number of benzene rings is 1. The summed E-state index contributed by atoms with van der Waals surface area (Å²) in [7, 11) is 0. The maximum atomic E-state index is 12.9. The number of aryl methyl sites for hydroxylation is 2. The quantitative estimate of drug-likeness (QED) is 0.643. The van der Waals surface area contributed by atoms with Crippen LogP contribution in [0, 0.1) is 13.8 Å². The summed E-state index contributed by atoms with van der Waals surface area (Å²) in [6.07, 6.45) is 5.71. The fraction of sp³-hybridized carbons (Fsp3) is 0.333. The number of nitrogens with zero attached hydrogens (tertiary/aromatic N) is 3. The molecule has 140 valence electrons. The molecule has 6 heteroatoms. The molecule has 1 N–H and O–H groups in total. The monoisotopic (exact) mass is 426 g/mol. The van der Waals surface area contributed by atoms with E-state index < -0.39 is 0 Å². The van der Waals surface area contributed by atoms with Gasteiger partial charge in [-0.2, -0.15) is 0 Å². The number of aromatic nitrogens is 2. The Morgan fingerprint density at radius 3 is 2.52 bits per heavy atom. The molecule has 27 heavy (non-hydrogen) atoms. The number of hydrogen-bond donors (Lipinski definition) is 1. The zero-order valence-electron chi connectivity index (χ0n) is 15.6. The molecular weight excluding hydrogens is 404 g/mol. The van der Waals surface area contributed by atoms with Gasteiger partial charge in [-0.25, -0.2) is 4.98 Å². The fourth-order valence-corrected chi connectivity index (χ4v) is 4.30. The second kappa shape index (κ2) is 7.35. The highest BCUT2D eigenvalue weighted by atomic mass is 79.9. The number of nitrogens with one attached hydrogen (secondary N) is 1. The van der Waals surface area contributed by atoms with Crippen molar-refractivity contribution in [1.29, 1.82) is 0 Å². The molecule has 0 radical (unpaired) electrons. The van der Waals surface area contributed by atoms with Crippen molar-refractivity contribution < 1.29 is 4.79 Å². The van der Waals surface area contributed by atoms with Crippen LogP contribution in [0.1, 0.15) is 41.0 Å². The van der Waals surface area contributed by atoms with Gasteiger partial charge < -0.3 is 10.2 Å². The van der Waals surface area contributed by atoms with E-state index >= 15 is 0 Å². The van der Waals surface area contributed by atoms with Crippen molar-refractivity contribution in [2.24, 2.45) is 0 Å². The molecule has 3 aromatic rings. The number of carbonyl (C=O) groups excluding carboxylic acids is 1. The molecule has 0 aliphatic carbocycles. The van der Waals surface area contributed by atoms with E-state index in [1.54, 1.807) is 0 Å². The largest absolute Gasteiger partial charge is 0.372 e. The van der Waals surface area contributed by atoms with Crippen molar-refractivity contribution in [3.63, 3.8) is 0 Å². The van der Waals surface area contributed by atoms with E-state index in [4.69, 9.17) is 0 Å². The second-order valence-electron chi connectivity index (χ2n) is 7.13. The van der Waals surface area contributed by atoms with E-state index in [2.05, 4.69) is 43.3 Å². The number of piperidine rings is 1. The van der Waals surface area contributed by atoms with Crippen LogP contribution in [-0.2, 0) is 0 Å². The lowest BCUT2D eigenvalue weighted by atomic mass is 10.1. The summed E-state index contributed by atoms with van der Waals surface area (Å²) in [5.74, 6) is -0.150. The zero-order valence-corrected chi connectivity index (χ0v) is 17.2. The number of hydrogen-bond acceptors (Lipinski definition) is 3. The molecule has 0 spiro atoms. The van der Waals surface area contributed by atoms with Crippen molar-refractivity contribution in [1.82, 2.24) is 9.38 Å². The topological polar surface area (TPSA) is 49.6 Å². The van der Waals surface area contributed by atoms with Crippen LogP contribution >= 0.6 is 15.9 Å². The Balaban J connectivity index is 1.57. The van der Waals surface area contributed by atoms with E-state index in [-0.39, 0.29) is 5.91 Å². The molecule has 0 unspecified atom stereocenters. The molecule has 1 aliphatic heterocycles. The van der Waals surface area contributed by atoms with Gasteiger partial charge in [0.2, 0.25) is 0 Å². The van der Waals surface area contributed by atoms with Gasteiger partial charge in [-0.15, -0.1) is 0 Å². The van der Waals surface area contributed by atoms with Crippen LogP contribution in [0.4, 0.5) is 11.4 Å². The summed E-state index contributed by atoms with van der Waals surface area (Å²) >= 11 is 3.50. The molecule has 0 bridgehead atoms. The minimum atomic E-state index is -0.150. The zero-order chi connectivity index (χ0) is 19.0. The van der Waals surface area contributed by atoms with Gasteiger partial charge in [0, 0.05) is 35.1 Å². The van der Waals surface area contributed by atoms with Gasteiger partial charge in [-0.05, 0) is 84.9 Å². The lowest BCUT2D eigenvalue weighted by Gasteiger charge is -2.28. The van der Waals surface area contributed by atoms with E-state index in [0.29, 0.717) is 5.69 Å². The third kappa shape index (κ3) is 3.58. The summed E-state index contributed by atoms with van der Waals surface area (Å²) in [4.78, 5) is 19.9. The van der Waals surface area contributed by atoms with Gasteiger partial charge in [0.1, 0.15) is 11.3 Å². The standard InChI is InChI=1S/C21H23BrN4O/c1-14-12-16(22)13-26-19(15(2)23-20(14)26)21(27)24-17-6-8-18(9-7-17)25-10-4-3-5-11-25/h6-9,12-13H,3-5,10-11H2,1-2H3,(H,24,27). The summed E-state index contributed by atoms with van der Waals surface area (Å²) in [6.45, 7) is 6.09. The van der Waals surface area contributed by atoms with Gasteiger partial charge in [-0.3, -0.25) is 9.20 Å². The number of amides is 1. The molecule has 1 saturated heterocycles. The summed E-state index contributed by atoms with van der Waals surface area (Å²) < 4.78 is 2.77. The van der Waals surface area contributed by atoms with E-state index in [1.807, 2.05) is 42.6 Å². The van der Waals surface area contributed by atoms with Crippen molar-refractivity contribution in [2.75, 3.05) is 23.3 Å². The first-order valence-corrected chi connectivity index (χ1v) is 10.1. The Labute approximate surface area is 167 Å². The van der Waals surface area contributed by atoms with Crippen LogP contribution in [0.2, 0.25) is 0 Å². The van der Waals surface area contributed by atoms with Crippen molar-refractivity contribution in [2.45, 2.75) is 33.1 Å². The highest BCUT2D eigenvalue weighted by molar-refractivity contribution is 9.10. The number of imidazole rings is 1. The highest BCUT2D eigenvalue weighted by Gasteiger charge is 2.18. The van der Waals surface area contributed by atoms with Crippen molar-refractivity contribution >= 4 is 38.9 Å². The number of fused-ring (bicyclic) bond motifs is 1. The van der Waals surface area contributed by atoms with Gasteiger partial charge in [0.15, 0.2) is 0 Å². The third-order valence-electron chi connectivity index (χ3n) is 5.11.